The van der Waals surface area contributed by atoms with Gasteiger partial charge in [-0.15, -0.1) is 0 Å². The number of anilines is 3. The van der Waals surface area contributed by atoms with Crippen molar-refractivity contribution in [3.63, 3.8) is 0 Å². The van der Waals surface area contributed by atoms with Crippen molar-refractivity contribution in [3.8, 4) is 0 Å². The van der Waals surface area contributed by atoms with Crippen LogP contribution in [0.1, 0.15) is 187 Å². The second-order valence-electron chi connectivity index (χ2n) is 27.6. The predicted octanol–water partition coefficient (Wildman–Crippen LogP) is 10.7. The molecule has 3 aliphatic rings. The van der Waals surface area contributed by atoms with Crippen molar-refractivity contribution in [1.29, 1.82) is 0 Å². The summed E-state index contributed by atoms with van der Waals surface area (Å²) in [6, 6.07) is 18.1. The third-order valence-corrected chi connectivity index (χ3v) is 31.2. The van der Waals surface area contributed by atoms with E-state index in [0.717, 1.165) is 17.5 Å². The zero-order valence-electron chi connectivity index (χ0n) is 51.0. The van der Waals surface area contributed by atoms with Crippen molar-refractivity contribution in [2.45, 2.75) is 237 Å². The smallest absolute Gasteiger partial charge is 1.00 e. The molecule has 0 aromatic carbocycles. The summed E-state index contributed by atoms with van der Waals surface area (Å²) in [7, 11) is -3.65. The largest absolute Gasteiger partial charge is 1.00 e. The number of hydrogen-bond donors (Lipinski definition) is 6. The van der Waals surface area contributed by atoms with E-state index in [1.54, 1.807) is 0 Å². The first-order valence-corrected chi connectivity index (χ1v) is 32.9. The molecule has 0 spiro atoms. The normalized spacial score (nSPS) is 23.2. The number of rotatable bonds is 9. The quantitative estimate of drug-likeness (QED) is 0.0897. The summed E-state index contributed by atoms with van der Waals surface area (Å²) in [5.74, 6) is 2.83. The number of hydrogen-bond acceptors (Lipinski definition) is 15. The Morgan fingerprint density at radius 2 is 0.473 bits per heavy atom. The zero-order valence-corrected chi connectivity index (χ0v) is 57.1. The van der Waals surface area contributed by atoms with Gasteiger partial charge in [-0.1, -0.05) is 18.2 Å². The Morgan fingerprint density at radius 3 is 0.595 bits per heavy atom. The van der Waals surface area contributed by atoms with E-state index in [2.05, 4.69) is 259 Å². The molecular weight excluding hydrogens is 1050 g/mol. The standard InChI is InChI=1S/3C17H33N5P2.ClH.Li/c3*1-15(2,3)20-24-21(16(4,5)6)23(22(24)17(7,8)9)19-14-12-10-11-13-18-14;;/h3*10-13,20H,1-9H3,(H,18,19);1H;/q;;;;+1/p-1. The third-order valence-electron chi connectivity index (χ3n) is 9.70. The maximum Gasteiger partial charge on any atom is 1.00 e. The summed E-state index contributed by atoms with van der Waals surface area (Å²) in [5.41, 5.74) is 0.719. The Bertz CT molecular complexity index is 1830. The van der Waals surface area contributed by atoms with Gasteiger partial charge in [0, 0.05) is 68.4 Å². The molecular formula is C51H99ClLiN15P6. The van der Waals surface area contributed by atoms with Crippen LogP contribution < -0.4 is 61.8 Å². The van der Waals surface area contributed by atoms with Crippen LogP contribution in [0.5, 0.6) is 0 Å². The number of aromatic nitrogens is 3. The molecule has 0 atom stereocenters. The molecule has 0 bridgehead atoms. The Hall–Kier alpha value is -0.0426. The van der Waals surface area contributed by atoms with Crippen molar-refractivity contribution < 1.29 is 31.3 Å². The number of nitrogens with zero attached hydrogens (tertiary/aromatic N) is 9. The van der Waals surface area contributed by atoms with Crippen LogP contribution >= 0.6 is 50.2 Å². The molecule has 6 heterocycles. The SMILES string of the molecule is CC(C)(C)NP1N(C(C)(C)C)P(Nc2ccccn2)N1C(C)(C)C.CC(C)(C)NP1N(C(C)(C)C)P(Nc2ccccn2)N1C(C)(C)C.CC(C)(C)NP1N(C(C)(C)C)P(Nc2ccccn2)N1C(C)(C)C.[Cl-].[Li+]. The molecule has 416 valence electrons. The topological polar surface area (TPSA) is 130 Å². The van der Waals surface area contributed by atoms with E-state index in [9.17, 15) is 0 Å². The number of halogens is 1. The minimum Gasteiger partial charge on any atom is -1.00 e. The Morgan fingerprint density at radius 1 is 0.297 bits per heavy atom. The van der Waals surface area contributed by atoms with Gasteiger partial charge in [0.1, 0.15) is 42.6 Å². The third kappa shape index (κ3) is 19.9. The van der Waals surface area contributed by atoms with Crippen LogP contribution in [-0.4, -0.2) is 91.4 Å². The molecule has 0 saturated carbocycles. The van der Waals surface area contributed by atoms with E-state index >= 15 is 0 Å². The first kappa shape index (κ1) is 70.1. The summed E-state index contributed by atoms with van der Waals surface area (Å²) < 4.78 is 15.7. The molecule has 3 aromatic heterocycles. The maximum absolute atomic E-state index is 4.47. The molecule has 0 radical (unpaired) electrons. The molecule has 15 nitrogen and oxygen atoms in total. The fraction of sp³-hybridized carbons (Fsp3) is 0.706. The monoisotopic (exact) mass is 1150 g/mol. The first-order valence-electron chi connectivity index (χ1n) is 25.4. The van der Waals surface area contributed by atoms with Crippen LogP contribution in [0.15, 0.2) is 73.2 Å². The summed E-state index contributed by atoms with van der Waals surface area (Å²) in [6.07, 6.45) is 5.53. The minimum atomic E-state index is -0.649. The van der Waals surface area contributed by atoms with Crippen LogP contribution in [0, 0.1) is 0 Å². The van der Waals surface area contributed by atoms with E-state index < -0.39 is 50.2 Å². The molecule has 74 heavy (non-hydrogen) atoms. The maximum atomic E-state index is 4.47. The van der Waals surface area contributed by atoms with Crippen molar-refractivity contribution in [3.05, 3.63) is 73.2 Å². The van der Waals surface area contributed by atoms with Gasteiger partial charge < -0.3 is 27.7 Å². The van der Waals surface area contributed by atoms with Gasteiger partial charge in [-0.25, -0.2) is 15.0 Å². The van der Waals surface area contributed by atoms with Crippen molar-refractivity contribution in [1.82, 2.24) is 56.9 Å². The molecule has 23 heteroatoms. The second kappa shape index (κ2) is 26.3. The molecule has 3 fully saturated rings. The molecule has 3 saturated heterocycles. The Balaban J connectivity index is 0.000000375. The zero-order chi connectivity index (χ0) is 55.0. The van der Waals surface area contributed by atoms with E-state index in [1.807, 2.05) is 73.2 Å². The summed E-state index contributed by atoms with van der Waals surface area (Å²) in [4.78, 5) is 13.4. The van der Waals surface area contributed by atoms with Crippen LogP contribution in [-0.2, 0) is 0 Å². The Labute approximate surface area is 478 Å². The van der Waals surface area contributed by atoms with Crippen LogP contribution in [0.4, 0.5) is 17.5 Å². The number of pyridine rings is 3. The van der Waals surface area contributed by atoms with Gasteiger partial charge >= 0.3 is 18.9 Å². The average molecular weight is 1150 g/mol. The van der Waals surface area contributed by atoms with Crippen molar-refractivity contribution >= 4 is 67.7 Å². The van der Waals surface area contributed by atoms with Gasteiger partial charge in [-0.05, 0) is 223 Å². The molecule has 0 unspecified atom stereocenters. The molecule has 6 N–H and O–H groups in total. The predicted molar refractivity (Wildman–Crippen MR) is 323 cm³/mol. The summed E-state index contributed by atoms with van der Waals surface area (Å²) >= 11 is 0. The summed E-state index contributed by atoms with van der Waals surface area (Å²) in [6.45, 7) is 61.4. The average Bonchev–Trinajstić information content (AvgIpc) is 3.13. The van der Waals surface area contributed by atoms with Crippen LogP contribution in [0.25, 0.3) is 0 Å². The number of nitrogens with one attached hydrogen (secondary N) is 6. The van der Waals surface area contributed by atoms with Gasteiger partial charge in [0.2, 0.25) is 0 Å². The van der Waals surface area contributed by atoms with Crippen LogP contribution in [0.3, 0.4) is 0 Å². The van der Waals surface area contributed by atoms with Crippen LogP contribution in [0.2, 0.25) is 0 Å². The molecule has 6 rings (SSSR count). The van der Waals surface area contributed by atoms with Gasteiger partial charge in [-0.2, -0.15) is 26.6 Å². The first-order chi connectivity index (χ1) is 32.4. The summed E-state index contributed by atoms with van der Waals surface area (Å²) in [5, 5.41) is 22.6. The van der Waals surface area contributed by atoms with Gasteiger partial charge in [-0.3, -0.25) is 15.3 Å². The van der Waals surface area contributed by atoms with Crippen molar-refractivity contribution in [2.24, 2.45) is 0 Å². The molecule has 3 aliphatic heterocycles. The fourth-order valence-electron chi connectivity index (χ4n) is 7.34. The van der Waals surface area contributed by atoms with E-state index in [4.69, 9.17) is 0 Å². The molecule has 0 aliphatic carbocycles. The van der Waals surface area contributed by atoms with E-state index in [0.29, 0.717) is 0 Å². The van der Waals surface area contributed by atoms with Gasteiger partial charge in [0.25, 0.3) is 0 Å². The molecule has 0 amide bonds. The van der Waals surface area contributed by atoms with Crippen molar-refractivity contribution in [2.75, 3.05) is 15.3 Å². The Kier molecular flexibility index (Phi) is 24.9. The van der Waals surface area contributed by atoms with Gasteiger partial charge in [0.05, 0.1) is 0 Å². The van der Waals surface area contributed by atoms with E-state index in [1.165, 1.54) is 0 Å². The molecule has 3 aromatic rings. The minimum absolute atomic E-state index is 0. The second-order valence-corrected chi connectivity index (χ2v) is 39.1. The van der Waals surface area contributed by atoms with E-state index in [-0.39, 0.29) is 81.1 Å². The fourth-order valence-corrected chi connectivity index (χ4v) is 25.9. The van der Waals surface area contributed by atoms with Gasteiger partial charge in [0.15, 0.2) is 25.1 Å².